The molecule has 0 fully saturated rings. The molecule has 1 N–H and O–H groups in total. The van der Waals surface area contributed by atoms with Gasteiger partial charge >= 0.3 is 16.4 Å². The number of esters is 1. The van der Waals surface area contributed by atoms with Crippen LogP contribution in [0.5, 0.6) is 0 Å². The molecule has 0 amide bonds. The number of rotatable bonds is 20. The minimum absolute atomic E-state index is 0.109. The van der Waals surface area contributed by atoms with Crippen LogP contribution < -0.4 is 0 Å². The lowest BCUT2D eigenvalue weighted by Gasteiger charge is -2.22. The third kappa shape index (κ3) is 20.8. The Balaban J connectivity index is 4.54. The van der Waals surface area contributed by atoms with E-state index in [2.05, 4.69) is 8.92 Å². The van der Waals surface area contributed by atoms with Crippen molar-refractivity contribution < 1.29 is 43.8 Å². The molecular weight excluding hydrogens is 452 g/mol. The number of hydrogen-bond donors (Lipinski definition) is 1. The van der Waals surface area contributed by atoms with Crippen LogP contribution in [-0.2, 0) is 38.7 Å². The SMILES string of the molecule is CCCCCCC(CCC(CCCCCCCC(=O)OC)OS(=O)(=O)[O-])OS(=O)(=O)O. The topological polar surface area (TPSA) is 156 Å². The molecule has 2 atom stereocenters. The summed E-state index contributed by atoms with van der Waals surface area (Å²) < 4.78 is 78.2. The first kappa shape index (κ1) is 30.2. The first-order valence-corrected chi connectivity index (χ1v) is 13.5. The number of carbonyl (C=O) groups excluding carboxylic acids is 1. The van der Waals surface area contributed by atoms with E-state index in [1.165, 1.54) is 7.11 Å². The Bertz CT molecular complexity index is 676. The number of unbranched alkanes of at least 4 members (excludes halogenated alkanes) is 7. The zero-order valence-corrected chi connectivity index (χ0v) is 20.1. The Morgan fingerprint density at radius 2 is 1.29 bits per heavy atom. The summed E-state index contributed by atoms with van der Waals surface area (Å²) in [6.45, 7) is 2.04. The van der Waals surface area contributed by atoms with Crippen molar-refractivity contribution in [2.45, 2.75) is 109 Å². The van der Waals surface area contributed by atoms with Crippen LogP contribution in [0, 0.1) is 0 Å². The lowest BCUT2D eigenvalue weighted by atomic mass is 10.0. The largest absolute Gasteiger partial charge is 0.726 e. The second-order valence-corrected chi connectivity index (χ2v) is 9.64. The van der Waals surface area contributed by atoms with Gasteiger partial charge < -0.3 is 9.29 Å². The van der Waals surface area contributed by atoms with Gasteiger partial charge in [-0.3, -0.25) is 13.5 Å². The predicted molar refractivity (Wildman–Crippen MR) is 113 cm³/mol. The molecule has 0 aliphatic heterocycles. The molecule has 0 spiro atoms. The van der Waals surface area contributed by atoms with Gasteiger partial charge in [-0.25, -0.2) is 12.6 Å². The molecule has 0 radical (unpaired) electrons. The monoisotopic (exact) mass is 489 g/mol. The number of carbonyl (C=O) groups is 1. The Kier molecular flexibility index (Phi) is 16.4. The molecule has 2 unspecified atom stereocenters. The van der Waals surface area contributed by atoms with Crippen molar-refractivity contribution in [3.63, 3.8) is 0 Å². The first-order chi connectivity index (χ1) is 14.5. The van der Waals surface area contributed by atoms with E-state index in [9.17, 15) is 26.2 Å². The van der Waals surface area contributed by atoms with Crippen molar-refractivity contribution in [1.82, 2.24) is 0 Å². The van der Waals surface area contributed by atoms with Crippen LogP contribution in [0.15, 0.2) is 0 Å². The normalized spacial score (nSPS) is 14.3. The molecule has 0 aromatic rings. The summed E-state index contributed by atoms with van der Waals surface area (Å²) in [5, 5.41) is 0. The lowest BCUT2D eigenvalue weighted by molar-refractivity contribution is -0.140. The highest BCUT2D eigenvalue weighted by molar-refractivity contribution is 7.81. The summed E-state index contributed by atoms with van der Waals surface area (Å²) in [7, 11) is -8.21. The average Bonchev–Trinajstić information content (AvgIpc) is 2.65. The van der Waals surface area contributed by atoms with E-state index in [1.807, 2.05) is 6.92 Å². The lowest BCUT2D eigenvalue weighted by Crippen LogP contribution is -2.23. The van der Waals surface area contributed by atoms with E-state index < -0.39 is 33.0 Å². The summed E-state index contributed by atoms with van der Waals surface area (Å²) in [6, 6.07) is 0. The van der Waals surface area contributed by atoms with Gasteiger partial charge in [0.1, 0.15) is 0 Å². The van der Waals surface area contributed by atoms with Gasteiger partial charge in [0.05, 0.1) is 19.3 Å². The number of hydrogen-bond acceptors (Lipinski definition) is 9. The van der Waals surface area contributed by atoms with Gasteiger partial charge in [-0.2, -0.15) is 8.42 Å². The summed E-state index contributed by atoms with van der Waals surface area (Å²) in [5.41, 5.74) is 0. The Morgan fingerprint density at radius 3 is 1.77 bits per heavy atom. The van der Waals surface area contributed by atoms with Gasteiger partial charge in [0, 0.05) is 6.42 Å². The highest BCUT2D eigenvalue weighted by Gasteiger charge is 2.21. The van der Waals surface area contributed by atoms with E-state index >= 15 is 0 Å². The highest BCUT2D eigenvalue weighted by Crippen LogP contribution is 2.21. The Hall–Kier alpha value is -0.790. The molecule has 186 valence electrons. The van der Waals surface area contributed by atoms with E-state index in [1.54, 1.807) is 0 Å². The van der Waals surface area contributed by atoms with Crippen LogP contribution in [0.4, 0.5) is 0 Å². The van der Waals surface area contributed by atoms with Crippen LogP contribution in [0.2, 0.25) is 0 Å². The Morgan fingerprint density at radius 1 is 0.806 bits per heavy atom. The minimum Gasteiger partial charge on any atom is -0.726 e. The van der Waals surface area contributed by atoms with Crippen LogP contribution >= 0.6 is 0 Å². The third-order valence-corrected chi connectivity index (χ3v) is 5.86. The van der Waals surface area contributed by atoms with Crippen molar-refractivity contribution >= 4 is 26.8 Å². The van der Waals surface area contributed by atoms with E-state index in [0.29, 0.717) is 38.5 Å². The number of ether oxygens (including phenoxy) is 1. The molecule has 0 saturated carbocycles. The second kappa shape index (κ2) is 16.8. The van der Waals surface area contributed by atoms with E-state index in [4.69, 9.17) is 8.74 Å². The van der Waals surface area contributed by atoms with Crippen LogP contribution in [0.25, 0.3) is 0 Å². The fourth-order valence-corrected chi connectivity index (χ4v) is 4.33. The standard InChI is InChI=1S/C19H38O10S2/c1-3-4-5-9-12-17(28-30(21,22)23)15-16-18(29-31(24,25)26)13-10-7-6-8-11-14-19(20)27-2/h17-18H,3-16H2,1-2H3,(H,21,22,23)(H,24,25,26)/p-1. The second-order valence-electron chi connectivity index (χ2n) is 7.58. The summed E-state index contributed by atoms with van der Waals surface area (Å²) in [4.78, 5) is 11.0. The molecule has 31 heavy (non-hydrogen) atoms. The van der Waals surface area contributed by atoms with Gasteiger partial charge in [-0.05, 0) is 32.1 Å². The minimum atomic E-state index is -4.90. The third-order valence-electron chi connectivity index (χ3n) is 4.84. The van der Waals surface area contributed by atoms with Crippen LogP contribution in [0.3, 0.4) is 0 Å². The molecule has 0 aromatic heterocycles. The number of methoxy groups -OCH3 is 1. The van der Waals surface area contributed by atoms with Crippen molar-refractivity contribution in [1.29, 1.82) is 0 Å². The maximum Gasteiger partial charge on any atom is 0.397 e. The summed E-state index contributed by atoms with van der Waals surface area (Å²) >= 11 is 0. The van der Waals surface area contributed by atoms with Crippen molar-refractivity contribution in [2.75, 3.05) is 7.11 Å². The van der Waals surface area contributed by atoms with Crippen molar-refractivity contribution in [3.8, 4) is 0 Å². The fourth-order valence-electron chi connectivity index (χ4n) is 3.26. The smallest absolute Gasteiger partial charge is 0.397 e. The molecule has 12 heteroatoms. The molecule has 10 nitrogen and oxygen atoms in total. The van der Waals surface area contributed by atoms with E-state index in [-0.39, 0.29) is 18.8 Å². The molecular formula is C19H37O10S2-. The zero-order chi connectivity index (χ0) is 23.8. The van der Waals surface area contributed by atoms with Crippen LogP contribution in [-0.4, -0.2) is 51.2 Å². The maximum atomic E-state index is 11.1. The summed E-state index contributed by atoms with van der Waals surface area (Å²) in [5.74, 6) is -0.259. The van der Waals surface area contributed by atoms with Gasteiger partial charge in [0.2, 0.25) is 10.4 Å². The van der Waals surface area contributed by atoms with Crippen molar-refractivity contribution in [2.24, 2.45) is 0 Å². The summed E-state index contributed by atoms with van der Waals surface area (Å²) in [6.07, 6.45) is 6.89. The first-order valence-electron chi connectivity index (χ1n) is 10.8. The molecule has 0 bridgehead atoms. The molecule has 0 aliphatic carbocycles. The zero-order valence-electron chi connectivity index (χ0n) is 18.5. The molecule has 0 rings (SSSR count). The molecule has 0 heterocycles. The van der Waals surface area contributed by atoms with E-state index in [0.717, 1.165) is 38.5 Å². The highest BCUT2D eigenvalue weighted by atomic mass is 32.3. The molecule has 0 aromatic carbocycles. The molecule has 0 saturated heterocycles. The maximum absolute atomic E-state index is 11.1. The fraction of sp³-hybridized carbons (Fsp3) is 0.947. The van der Waals surface area contributed by atoms with Crippen LogP contribution in [0.1, 0.15) is 96.8 Å². The molecule has 0 aliphatic rings. The van der Waals surface area contributed by atoms with Gasteiger partial charge in [0.15, 0.2) is 0 Å². The Labute approximate surface area is 186 Å². The predicted octanol–water partition coefficient (Wildman–Crippen LogP) is 3.67. The van der Waals surface area contributed by atoms with Gasteiger partial charge in [-0.1, -0.05) is 58.3 Å². The van der Waals surface area contributed by atoms with Gasteiger partial charge in [-0.15, -0.1) is 0 Å². The van der Waals surface area contributed by atoms with Gasteiger partial charge in [0.25, 0.3) is 0 Å². The quantitative estimate of drug-likeness (QED) is 0.116. The average molecular weight is 490 g/mol. The van der Waals surface area contributed by atoms with Crippen molar-refractivity contribution in [3.05, 3.63) is 0 Å².